The number of nitrogens with zero attached hydrogens (tertiary/aromatic N) is 2. The summed E-state index contributed by atoms with van der Waals surface area (Å²) >= 11 is 0. The maximum absolute atomic E-state index is 5.14. The molecular weight excluding hydrogens is 556 g/mol. The topological polar surface area (TPSA) is 17.8 Å². The molecular formula is C44H28N2. The predicted octanol–water partition coefficient (Wildman–Crippen LogP) is 10.7. The van der Waals surface area contributed by atoms with Gasteiger partial charge in [0, 0.05) is 11.3 Å². The Kier molecular flexibility index (Phi) is 5.24. The molecule has 8 aromatic rings. The van der Waals surface area contributed by atoms with E-state index in [1.54, 1.807) is 0 Å². The van der Waals surface area contributed by atoms with E-state index in [9.17, 15) is 0 Å². The van der Waals surface area contributed by atoms with Crippen molar-refractivity contribution in [2.45, 2.75) is 5.41 Å². The Hall–Kier alpha value is -5.99. The van der Waals surface area contributed by atoms with E-state index < -0.39 is 0 Å². The molecule has 0 N–H and O–H groups in total. The number of fused-ring (bicyclic) bond motifs is 11. The first-order valence-electron chi connectivity index (χ1n) is 15.9. The largest absolute Gasteiger partial charge is 0.292 e. The molecule has 2 aliphatic carbocycles. The normalized spacial score (nSPS) is 13.4. The van der Waals surface area contributed by atoms with Gasteiger partial charge in [0.25, 0.3) is 0 Å². The van der Waals surface area contributed by atoms with Crippen LogP contribution < -0.4 is 0 Å². The number of para-hydroxylation sites is 3. The molecule has 0 fully saturated rings. The van der Waals surface area contributed by atoms with Crippen molar-refractivity contribution in [3.63, 3.8) is 0 Å². The van der Waals surface area contributed by atoms with Gasteiger partial charge in [0.1, 0.15) is 5.82 Å². The Morgan fingerprint density at radius 1 is 0.391 bits per heavy atom. The van der Waals surface area contributed by atoms with Crippen LogP contribution in [0.4, 0.5) is 0 Å². The van der Waals surface area contributed by atoms with E-state index in [0.717, 1.165) is 28.1 Å². The van der Waals surface area contributed by atoms with Gasteiger partial charge in [0.2, 0.25) is 0 Å². The van der Waals surface area contributed by atoms with Gasteiger partial charge in [0.05, 0.1) is 16.4 Å². The van der Waals surface area contributed by atoms with Gasteiger partial charge in [-0.1, -0.05) is 133 Å². The van der Waals surface area contributed by atoms with Gasteiger partial charge in [-0.25, -0.2) is 4.98 Å². The highest BCUT2D eigenvalue weighted by Crippen LogP contribution is 2.62. The highest BCUT2D eigenvalue weighted by atomic mass is 15.1. The Morgan fingerprint density at radius 3 is 1.65 bits per heavy atom. The summed E-state index contributed by atoms with van der Waals surface area (Å²) in [4.78, 5) is 5.14. The van der Waals surface area contributed by atoms with E-state index >= 15 is 0 Å². The monoisotopic (exact) mass is 584 g/mol. The average molecular weight is 585 g/mol. The third-order valence-corrected chi connectivity index (χ3v) is 10.0. The minimum absolute atomic E-state index is 0.319. The van der Waals surface area contributed by atoms with E-state index in [0.29, 0.717) is 0 Å². The fraction of sp³-hybridized carbons (Fsp3) is 0.0227. The number of hydrogen-bond acceptors (Lipinski definition) is 1. The van der Waals surface area contributed by atoms with E-state index in [2.05, 4.69) is 174 Å². The molecule has 1 heterocycles. The zero-order valence-corrected chi connectivity index (χ0v) is 25.1. The number of hydrogen-bond donors (Lipinski definition) is 0. The second kappa shape index (κ2) is 9.50. The van der Waals surface area contributed by atoms with Crippen LogP contribution in [-0.4, -0.2) is 9.55 Å². The van der Waals surface area contributed by atoms with Crippen LogP contribution in [0.2, 0.25) is 0 Å². The lowest BCUT2D eigenvalue weighted by Crippen LogP contribution is -2.25. The Balaban J connectivity index is 1.17. The number of benzene rings is 7. The number of imidazole rings is 1. The Labute approximate surface area is 267 Å². The average Bonchev–Trinajstić information content (AvgIpc) is 3.76. The van der Waals surface area contributed by atoms with Crippen molar-refractivity contribution in [3.05, 3.63) is 192 Å². The van der Waals surface area contributed by atoms with Crippen LogP contribution in [0.5, 0.6) is 0 Å². The maximum Gasteiger partial charge on any atom is 0.145 e. The van der Waals surface area contributed by atoms with Crippen LogP contribution in [0, 0.1) is 0 Å². The van der Waals surface area contributed by atoms with Gasteiger partial charge >= 0.3 is 0 Å². The van der Waals surface area contributed by atoms with Crippen LogP contribution in [0.25, 0.3) is 61.5 Å². The molecule has 0 saturated heterocycles. The van der Waals surface area contributed by atoms with E-state index in [4.69, 9.17) is 4.98 Å². The molecule has 214 valence electrons. The molecule has 0 bridgehead atoms. The predicted molar refractivity (Wildman–Crippen MR) is 188 cm³/mol. The summed E-state index contributed by atoms with van der Waals surface area (Å²) < 4.78 is 2.27. The minimum atomic E-state index is -0.319. The van der Waals surface area contributed by atoms with Gasteiger partial charge in [-0.3, -0.25) is 4.57 Å². The van der Waals surface area contributed by atoms with Gasteiger partial charge in [0.15, 0.2) is 0 Å². The molecule has 0 unspecified atom stereocenters. The molecule has 1 aromatic heterocycles. The zero-order valence-electron chi connectivity index (χ0n) is 25.1. The molecule has 10 rings (SSSR count). The van der Waals surface area contributed by atoms with Gasteiger partial charge in [-0.15, -0.1) is 0 Å². The molecule has 0 radical (unpaired) electrons. The van der Waals surface area contributed by atoms with Crippen LogP contribution in [-0.2, 0) is 5.41 Å². The Bertz CT molecular complexity index is 2440. The summed E-state index contributed by atoms with van der Waals surface area (Å²) in [5.74, 6) is 0.943. The first-order valence-corrected chi connectivity index (χ1v) is 15.9. The van der Waals surface area contributed by atoms with Crippen molar-refractivity contribution in [1.82, 2.24) is 9.55 Å². The quantitative estimate of drug-likeness (QED) is 0.202. The second-order valence-electron chi connectivity index (χ2n) is 12.3. The molecule has 2 nitrogen and oxygen atoms in total. The molecule has 2 heteroatoms. The van der Waals surface area contributed by atoms with E-state index in [-0.39, 0.29) is 5.41 Å². The van der Waals surface area contributed by atoms with Crippen LogP contribution in [0.3, 0.4) is 0 Å². The molecule has 46 heavy (non-hydrogen) atoms. The Morgan fingerprint density at radius 2 is 0.935 bits per heavy atom. The SMILES string of the molecule is c1ccc(-n2c(-c3cccc(-c4ccc5c(c4)-c4ccccc4C54c5ccccc5-c5ccccc54)c3)nc3ccccc32)cc1. The van der Waals surface area contributed by atoms with E-state index in [1.165, 1.54) is 55.6 Å². The lowest BCUT2D eigenvalue weighted by atomic mass is 9.70. The van der Waals surface area contributed by atoms with Crippen LogP contribution in [0.15, 0.2) is 170 Å². The molecule has 2 aliphatic rings. The first kappa shape index (κ1) is 25.3. The smallest absolute Gasteiger partial charge is 0.145 e. The lowest BCUT2D eigenvalue weighted by Gasteiger charge is -2.30. The summed E-state index contributed by atoms with van der Waals surface area (Å²) in [6.45, 7) is 0. The summed E-state index contributed by atoms with van der Waals surface area (Å²) in [7, 11) is 0. The summed E-state index contributed by atoms with van der Waals surface area (Å²) in [5.41, 5.74) is 17.1. The minimum Gasteiger partial charge on any atom is -0.292 e. The molecule has 0 atom stereocenters. The van der Waals surface area contributed by atoms with Gasteiger partial charge < -0.3 is 0 Å². The third-order valence-electron chi connectivity index (χ3n) is 10.0. The van der Waals surface area contributed by atoms with Crippen molar-refractivity contribution in [1.29, 1.82) is 0 Å². The highest BCUT2D eigenvalue weighted by molar-refractivity contribution is 5.96. The molecule has 0 aliphatic heterocycles. The molecule has 1 spiro atoms. The number of rotatable bonds is 3. The maximum atomic E-state index is 5.14. The first-order chi connectivity index (χ1) is 22.8. The van der Waals surface area contributed by atoms with Crippen molar-refractivity contribution < 1.29 is 0 Å². The van der Waals surface area contributed by atoms with E-state index in [1.807, 2.05) is 0 Å². The lowest BCUT2D eigenvalue weighted by molar-refractivity contribution is 0.794. The number of aromatic nitrogens is 2. The zero-order chi connectivity index (χ0) is 30.2. The summed E-state index contributed by atoms with van der Waals surface area (Å²) in [6.07, 6.45) is 0. The van der Waals surface area contributed by atoms with Gasteiger partial charge in [-0.2, -0.15) is 0 Å². The van der Waals surface area contributed by atoms with Crippen LogP contribution in [0.1, 0.15) is 22.3 Å². The molecule has 7 aromatic carbocycles. The fourth-order valence-corrected chi connectivity index (χ4v) is 8.18. The van der Waals surface area contributed by atoms with Gasteiger partial charge in [-0.05, 0) is 92.0 Å². The fourth-order valence-electron chi connectivity index (χ4n) is 8.18. The van der Waals surface area contributed by atoms with Crippen molar-refractivity contribution in [2.24, 2.45) is 0 Å². The summed E-state index contributed by atoms with van der Waals surface area (Å²) in [6, 6.07) is 61.8. The molecule has 0 saturated carbocycles. The summed E-state index contributed by atoms with van der Waals surface area (Å²) in [5, 5.41) is 0. The van der Waals surface area contributed by atoms with Crippen molar-refractivity contribution in [3.8, 4) is 50.5 Å². The molecule has 0 amide bonds. The standard InChI is InChI=1S/C44H28N2/c1-2-15-32(16-3-1)46-42-24-11-10-23-41(42)45-43(46)31-14-12-13-29(27-31)30-25-26-40-36(28-30)35-19-6-9-22-39(35)44(40)37-20-7-4-17-33(37)34-18-5-8-21-38(34)44/h1-28H. The highest BCUT2D eigenvalue weighted by Gasteiger charge is 2.51. The van der Waals surface area contributed by atoms with Crippen molar-refractivity contribution in [2.75, 3.05) is 0 Å². The van der Waals surface area contributed by atoms with Crippen LogP contribution >= 0.6 is 0 Å². The second-order valence-corrected chi connectivity index (χ2v) is 12.3. The van der Waals surface area contributed by atoms with Crippen molar-refractivity contribution >= 4 is 11.0 Å². The third kappa shape index (κ3) is 3.33.